The van der Waals surface area contributed by atoms with E-state index in [0.29, 0.717) is 17.1 Å². The van der Waals surface area contributed by atoms with E-state index in [0.717, 1.165) is 0 Å². The fourth-order valence-electron chi connectivity index (χ4n) is 1.84. The number of halogens is 1. The number of hydrogen-bond donors (Lipinski definition) is 1. The zero-order valence-electron chi connectivity index (χ0n) is 11.3. The molecule has 0 saturated heterocycles. The molecule has 0 aliphatic rings. The Kier molecular flexibility index (Phi) is 4.04. The summed E-state index contributed by atoms with van der Waals surface area (Å²) in [6, 6.07) is 7.79. The van der Waals surface area contributed by atoms with Gasteiger partial charge in [0.05, 0.1) is 17.4 Å². The monoisotopic (exact) mass is 349 g/mol. The number of H-pyrrole nitrogens is 1. The predicted molar refractivity (Wildman–Crippen MR) is 86.2 cm³/mol. The molecule has 1 aromatic carbocycles. The molecule has 0 bridgehead atoms. The van der Waals surface area contributed by atoms with E-state index in [9.17, 15) is 10.1 Å². The highest BCUT2D eigenvalue weighted by molar-refractivity contribution is 7.71. The molecule has 10 heteroatoms. The number of aromatic amines is 1. The highest BCUT2D eigenvalue weighted by Crippen LogP contribution is 2.24. The van der Waals surface area contributed by atoms with Crippen molar-refractivity contribution in [1.82, 2.24) is 14.9 Å². The van der Waals surface area contributed by atoms with Gasteiger partial charge in [0, 0.05) is 11.6 Å². The van der Waals surface area contributed by atoms with Crippen molar-refractivity contribution in [2.75, 3.05) is 0 Å². The van der Waals surface area contributed by atoms with Crippen molar-refractivity contribution in [3.8, 4) is 11.6 Å². The molecule has 3 rings (SSSR count). The summed E-state index contributed by atoms with van der Waals surface area (Å²) in [5.74, 6) is 0.872. The first-order chi connectivity index (χ1) is 11.1. The lowest BCUT2D eigenvalue weighted by atomic mass is 10.2. The van der Waals surface area contributed by atoms with Crippen LogP contribution in [0.5, 0.6) is 0 Å². The molecule has 116 valence electrons. The van der Waals surface area contributed by atoms with Crippen LogP contribution in [0.2, 0.25) is 5.02 Å². The largest absolute Gasteiger partial charge is 0.461 e. The Morgan fingerprint density at radius 3 is 3.00 bits per heavy atom. The van der Waals surface area contributed by atoms with Crippen LogP contribution in [0.3, 0.4) is 0 Å². The Morgan fingerprint density at radius 1 is 1.48 bits per heavy atom. The van der Waals surface area contributed by atoms with Gasteiger partial charge in [0.25, 0.3) is 5.69 Å². The Balaban J connectivity index is 1.99. The van der Waals surface area contributed by atoms with Gasteiger partial charge in [-0.1, -0.05) is 17.7 Å². The van der Waals surface area contributed by atoms with E-state index in [1.807, 2.05) is 0 Å². The maximum absolute atomic E-state index is 10.9. The molecule has 0 radical (unpaired) electrons. The second-order valence-electron chi connectivity index (χ2n) is 4.35. The van der Waals surface area contributed by atoms with Gasteiger partial charge in [-0.3, -0.25) is 10.1 Å². The van der Waals surface area contributed by atoms with Crippen LogP contribution in [0, 0.1) is 14.9 Å². The number of benzene rings is 1. The highest BCUT2D eigenvalue weighted by atomic mass is 35.5. The molecule has 0 spiro atoms. The summed E-state index contributed by atoms with van der Waals surface area (Å²) in [4.78, 5) is 10.3. The third-order valence-corrected chi connectivity index (χ3v) is 3.47. The quantitative estimate of drug-likeness (QED) is 0.335. The van der Waals surface area contributed by atoms with Crippen molar-refractivity contribution in [2.45, 2.75) is 0 Å². The third kappa shape index (κ3) is 3.05. The molecule has 0 aliphatic heterocycles. The van der Waals surface area contributed by atoms with Gasteiger partial charge in [-0.2, -0.15) is 9.78 Å². The van der Waals surface area contributed by atoms with Crippen molar-refractivity contribution in [2.24, 2.45) is 5.10 Å². The van der Waals surface area contributed by atoms with Crippen molar-refractivity contribution in [3.63, 3.8) is 0 Å². The van der Waals surface area contributed by atoms with Crippen LogP contribution in [0.25, 0.3) is 11.6 Å². The van der Waals surface area contributed by atoms with Gasteiger partial charge in [-0.15, -0.1) is 5.10 Å². The van der Waals surface area contributed by atoms with E-state index < -0.39 is 4.92 Å². The molecule has 3 aromatic rings. The van der Waals surface area contributed by atoms with Gasteiger partial charge in [0.15, 0.2) is 5.76 Å². The van der Waals surface area contributed by atoms with Crippen molar-refractivity contribution < 1.29 is 9.34 Å². The number of nitrogens with one attached hydrogen (secondary N) is 1. The van der Waals surface area contributed by atoms with Crippen LogP contribution in [0.4, 0.5) is 5.69 Å². The molecular weight excluding hydrogens is 342 g/mol. The molecule has 23 heavy (non-hydrogen) atoms. The number of nitro benzene ring substituents is 1. The molecule has 8 nitrogen and oxygen atoms in total. The standard InChI is InChI=1S/C13H8ClN5O3S/c14-9-4-3-8(6-10(9)19(20)21)7-15-18-12(16-17-13(18)23)11-2-1-5-22-11/h1-7H,(H,17,23)/b15-7-. The minimum atomic E-state index is -0.558. The Morgan fingerprint density at radius 2 is 2.30 bits per heavy atom. The van der Waals surface area contributed by atoms with E-state index >= 15 is 0 Å². The van der Waals surface area contributed by atoms with Gasteiger partial charge >= 0.3 is 0 Å². The smallest absolute Gasteiger partial charge is 0.288 e. The van der Waals surface area contributed by atoms with Gasteiger partial charge in [-0.25, -0.2) is 5.10 Å². The second kappa shape index (κ2) is 6.15. The SMILES string of the molecule is O=[N+]([O-])c1cc(/C=N\n2c(-c3ccco3)n[nH]c2=S)ccc1Cl. The topological polar surface area (TPSA) is 102 Å². The number of nitrogens with zero attached hydrogens (tertiary/aromatic N) is 4. The van der Waals surface area contributed by atoms with Gasteiger partial charge in [0.2, 0.25) is 10.6 Å². The van der Waals surface area contributed by atoms with Gasteiger partial charge in [0.1, 0.15) is 5.02 Å². The molecule has 0 saturated carbocycles. The summed E-state index contributed by atoms with van der Waals surface area (Å²) in [6.45, 7) is 0. The zero-order valence-corrected chi connectivity index (χ0v) is 12.9. The minimum absolute atomic E-state index is 0.0587. The molecule has 0 atom stereocenters. The maximum atomic E-state index is 10.9. The average Bonchev–Trinajstić information content (AvgIpc) is 3.16. The van der Waals surface area contributed by atoms with Crippen LogP contribution >= 0.6 is 23.8 Å². The molecular formula is C13H8ClN5O3S. The molecule has 2 aromatic heterocycles. The first-order valence-electron chi connectivity index (χ1n) is 6.26. The summed E-state index contributed by atoms with van der Waals surface area (Å²) < 4.78 is 6.88. The van der Waals surface area contributed by atoms with Crippen molar-refractivity contribution >= 4 is 35.7 Å². The Hall–Kier alpha value is -2.78. The first-order valence-corrected chi connectivity index (χ1v) is 7.04. The summed E-state index contributed by atoms with van der Waals surface area (Å²) in [5, 5.41) is 21.8. The minimum Gasteiger partial charge on any atom is -0.461 e. The molecule has 0 aliphatic carbocycles. The summed E-state index contributed by atoms with van der Waals surface area (Å²) >= 11 is 10.9. The highest BCUT2D eigenvalue weighted by Gasteiger charge is 2.13. The van der Waals surface area contributed by atoms with Crippen molar-refractivity contribution in [1.29, 1.82) is 0 Å². The molecule has 0 unspecified atom stereocenters. The summed E-state index contributed by atoms with van der Waals surface area (Å²) in [7, 11) is 0. The molecule has 2 heterocycles. The van der Waals surface area contributed by atoms with E-state index in [-0.39, 0.29) is 15.5 Å². The lowest BCUT2D eigenvalue weighted by molar-refractivity contribution is -0.384. The average molecular weight is 350 g/mol. The van der Waals surface area contributed by atoms with E-state index in [1.54, 1.807) is 18.2 Å². The second-order valence-corrected chi connectivity index (χ2v) is 5.15. The lowest BCUT2D eigenvalue weighted by Crippen LogP contribution is -1.95. The maximum Gasteiger partial charge on any atom is 0.288 e. The van der Waals surface area contributed by atoms with E-state index in [1.165, 1.54) is 29.3 Å². The predicted octanol–water partition coefficient (Wildman–Crippen LogP) is 3.64. The lowest BCUT2D eigenvalue weighted by Gasteiger charge is -1.99. The molecule has 0 amide bonds. The number of aromatic nitrogens is 3. The number of rotatable bonds is 4. The fraction of sp³-hybridized carbons (Fsp3) is 0. The fourth-order valence-corrected chi connectivity index (χ4v) is 2.20. The zero-order chi connectivity index (χ0) is 16.4. The Bertz CT molecular complexity index is 945. The van der Waals surface area contributed by atoms with Crippen LogP contribution in [0.15, 0.2) is 46.1 Å². The van der Waals surface area contributed by atoms with E-state index in [2.05, 4.69) is 15.3 Å². The van der Waals surface area contributed by atoms with E-state index in [4.69, 9.17) is 28.2 Å². The molecule has 1 N–H and O–H groups in total. The summed E-state index contributed by atoms with van der Waals surface area (Å²) in [6.07, 6.45) is 2.92. The van der Waals surface area contributed by atoms with Crippen molar-refractivity contribution in [3.05, 3.63) is 62.1 Å². The molecule has 0 fully saturated rings. The number of nitro groups is 1. The van der Waals surface area contributed by atoms with Crippen LogP contribution in [-0.2, 0) is 0 Å². The van der Waals surface area contributed by atoms with Crippen LogP contribution in [0.1, 0.15) is 5.56 Å². The number of hydrogen-bond acceptors (Lipinski definition) is 6. The van der Waals surface area contributed by atoms with Gasteiger partial charge in [-0.05, 0) is 30.4 Å². The van der Waals surface area contributed by atoms with Crippen LogP contribution in [-0.4, -0.2) is 26.0 Å². The Labute approximate surface area is 139 Å². The first kappa shape index (κ1) is 15.1. The summed E-state index contributed by atoms with van der Waals surface area (Å²) in [5.41, 5.74) is 0.298. The third-order valence-electron chi connectivity index (χ3n) is 2.88. The number of furan rings is 1. The van der Waals surface area contributed by atoms with Crippen LogP contribution < -0.4 is 0 Å². The van der Waals surface area contributed by atoms with Gasteiger partial charge < -0.3 is 4.42 Å². The normalized spacial score (nSPS) is 11.2.